The summed E-state index contributed by atoms with van der Waals surface area (Å²) < 4.78 is 29.8. The van der Waals surface area contributed by atoms with Crippen LogP contribution in [0.25, 0.3) is 0 Å². The van der Waals surface area contributed by atoms with Gasteiger partial charge in [-0.05, 0) is 36.8 Å². The highest BCUT2D eigenvalue weighted by Gasteiger charge is 2.43. The van der Waals surface area contributed by atoms with Gasteiger partial charge in [-0.1, -0.05) is 12.1 Å². The van der Waals surface area contributed by atoms with E-state index in [0.29, 0.717) is 24.8 Å². The number of nitrogens with zero attached hydrogens (tertiary/aromatic N) is 2. The maximum Gasteiger partial charge on any atom is 0.387 e. The van der Waals surface area contributed by atoms with Crippen LogP contribution in [0.5, 0.6) is 5.75 Å². The van der Waals surface area contributed by atoms with E-state index in [2.05, 4.69) is 10.1 Å². The number of likely N-dealkylation sites (tertiary alicyclic amines) is 2. The van der Waals surface area contributed by atoms with Crippen molar-refractivity contribution in [3.63, 3.8) is 0 Å². The molecular weight excluding hydrogens is 356 g/mol. The van der Waals surface area contributed by atoms with Crippen LogP contribution in [0.4, 0.5) is 8.78 Å². The second-order valence-corrected chi connectivity index (χ2v) is 7.45. The van der Waals surface area contributed by atoms with Crippen LogP contribution in [0.15, 0.2) is 24.3 Å². The Kier molecular flexibility index (Phi) is 4.99. The van der Waals surface area contributed by atoms with Gasteiger partial charge in [0.25, 0.3) is 5.91 Å². The van der Waals surface area contributed by atoms with Crippen molar-refractivity contribution in [3.8, 4) is 5.75 Å². The average Bonchev–Trinajstić information content (AvgIpc) is 3.36. The van der Waals surface area contributed by atoms with Crippen LogP contribution in [0.1, 0.15) is 23.2 Å². The van der Waals surface area contributed by atoms with Gasteiger partial charge in [0.2, 0.25) is 5.91 Å². The molecule has 1 N–H and O–H groups in total. The Morgan fingerprint density at radius 1 is 1.15 bits per heavy atom. The van der Waals surface area contributed by atoms with Gasteiger partial charge in [0, 0.05) is 32.7 Å². The molecule has 0 radical (unpaired) electrons. The minimum atomic E-state index is -3.01. The van der Waals surface area contributed by atoms with Gasteiger partial charge >= 0.3 is 6.61 Å². The summed E-state index contributed by atoms with van der Waals surface area (Å²) in [5.74, 6) is 0.363. The number of para-hydroxylation sites is 1. The predicted molar refractivity (Wildman–Crippen MR) is 93.6 cm³/mol. The van der Waals surface area contributed by atoms with Gasteiger partial charge in [0.1, 0.15) is 11.8 Å². The van der Waals surface area contributed by atoms with Crippen molar-refractivity contribution in [2.75, 3.05) is 32.7 Å². The van der Waals surface area contributed by atoms with E-state index in [1.807, 2.05) is 4.90 Å². The van der Waals surface area contributed by atoms with Crippen molar-refractivity contribution in [2.45, 2.75) is 25.5 Å². The van der Waals surface area contributed by atoms with E-state index < -0.39 is 18.6 Å². The largest absolute Gasteiger partial charge is 0.434 e. The minimum absolute atomic E-state index is 0.0255. The Bertz CT molecular complexity index is 718. The van der Waals surface area contributed by atoms with Gasteiger partial charge in [0.05, 0.1) is 5.56 Å². The van der Waals surface area contributed by atoms with Crippen LogP contribution in [0.2, 0.25) is 0 Å². The molecule has 0 bridgehead atoms. The first-order valence-electron chi connectivity index (χ1n) is 9.39. The molecule has 146 valence electrons. The molecule has 3 aliphatic rings. The maximum absolute atomic E-state index is 13.0. The number of fused-ring (bicyclic) bond motifs is 1. The lowest BCUT2D eigenvalue weighted by molar-refractivity contribution is -0.134. The Balaban J connectivity index is 1.50. The van der Waals surface area contributed by atoms with Gasteiger partial charge < -0.3 is 19.9 Å². The molecular formula is C19H23F2N3O3. The minimum Gasteiger partial charge on any atom is -0.434 e. The number of nitrogens with one attached hydrogen (secondary N) is 1. The zero-order valence-corrected chi connectivity index (χ0v) is 14.9. The molecule has 2 amide bonds. The van der Waals surface area contributed by atoms with Crippen LogP contribution >= 0.6 is 0 Å². The van der Waals surface area contributed by atoms with E-state index in [9.17, 15) is 18.4 Å². The number of hydrogen-bond donors (Lipinski definition) is 1. The molecule has 3 atom stereocenters. The van der Waals surface area contributed by atoms with Crippen LogP contribution in [-0.4, -0.2) is 67.0 Å². The summed E-state index contributed by atoms with van der Waals surface area (Å²) in [5.41, 5.74) is 0.0694. The number of carbonyl (C=O) groups is 2. The number of amides is 2. The first-order chi connectivity index (χ1) is 13.0. The molecule has 1 aromatic carbocycles. The van der Waals surface area contributed by atoms with Gasteiger partial charge in [-0.2, -0.15) is 8.78 Å². The van der Waals surface area contributed by atoms with E-state index >= 15 is 0 Å². The predicted octanol–water partition coefficient (Wildman–Crippen LogP) is 1.57. The van der Waals surface area contributed by atoms with E-state index in [1.165, 1.54) is 23.1 Å². The highest BCUT2D eigenvalue weighted by molar-refractivity contribution is 6.00. The van der Waals surface area contributed by atoms with Gasteiger partial charge in [0.15, 0.2) is 0 Å². The normalized spacial score (nSPS) is 27.3. The molecule has 1 aromatic rings. The highest BCUT2D eigenvalue weighted by Crippen LogP contribution is 2.31. The molecule has 3 heterocycles. The molecule has 0 saturated carbocycles. The Hall–Kier alpha value is -2.22. The fourth-order valence-electron chi connectivity index (χ4n) is 4.51. The second kappa shape index (κ2) is 7.42. The number of benzene rings is 1. The Morgan fingerprint density at radius 2 is 1.85 bits per heavy atom. The van der Waals surface area contributed by atoms with E-state index in [4.69, 9.17) is 0 Å². The summed E-state index contributed by atoms with van der Waals surface area (Å²) in [4.78, 5) is 29.4. The number of halogens is 2. The van der Waals surface area contributed by atoms with Crippen molar-refractivity contribution in [1.82, 2.24) is 15.1 Å². The number of ether oxygens (including phenoxy) is 1. The summed E-state index contributed by atoms with van der Waals surface area (Å²) in [7, 11) is 0. The van der Waals surface area contributed by atoms with Gasteiger partial charge in [-0.3, -0.25) is 9.59 Å². The lowest BCUT2D eigenvalue weighted by Crippen LogP contribution is -2.47. The van der Waals surface area contributed by atoms with Crippen LogP contribution in [0.3, 0.4) is 0 Å². The van der Waals surface area contributed by atoms with Crippen molar-refractivity contribution in [1.29, 1.82) is 0 Å². The highest BCUT2D eigenvalue weighted by atomic mass is 19.3. The van der Waals surface area contributed by atoms with Crippen molar-refractivity contribution in [2.24, 2.45) is 11.8 Å². The third-order valence-corrected chi connectivity index (χ3v) is 5.83. The Morgan fingerprint density at radius 3 is 2.56 bits per heavy atom. The van der Waals surface area contributed by atoms with E-state index in [0.717, 1.165) is 32.6 Å². The zero-order valence-electron chi connectivity index (χ0n) is 14.9. The number of alkyl halides is 2. The quantitative estimate of drug-likeness (QED) is 0.863. The molecule has 1 unspecified atom stereocenters. The summed E-state index contributed by atoms with van der Waals surface area (Å²) in [6, 6.07) is 5.43. The van der Waals surface area contributed by atoms with Crippen LogP contribution in [-0.2, 0) is 4.79 Å². The molecule has 3 fully saturated rings. The summed E-state index contributed by atoms with van der Waals surface area (Å²) >= 11 is 0. The molecule has 27 heavy (non-hydrogen) atoms. The summed E-state index contributed by atoms with van der Waals surface area (Å²) in [6.45, 7) is 0.744. The van der Waals surface area contributed by atoms with E-state index in [1.54, 1.807) is 6.07 Å². The lowest BCUT2D eigenvalue weighted by Gasteiger charge is -2.29. The molecule has 0 aromatic heterocycles. The topological polar surface area (TPSA) is 61.9 Å². The van der Waals surface area contributed by atoms with Gasteiger partial charge in [-0.15, -0.1) is 0 Å². The zero-order chi connectivity index (χ0) is 19.0. The van der Waals surface area contributed by atoms with Crippen molar-refractivity contribution < 1.29 is 23.1 Å². The average molecular weight is 379 g/mol. The maximum atomic E-state index is 13.0. The smallest absolute Gasteiger partial charge is 0.387 e. The fraction of sp³-hybridized carbons (Fsp3) is 0.579. The molecule has 4 rings (SSSR count). The molecule has 8 heteroatoms. The standard InChI is InChI=1S/C19H23F2N3O3/c20-19(21)27-16-6-2-1-4-14(16)17(25)24-7-3-5-15(24)18(26)23-10-12-8-22-9-13(12)11-23/h1-2,4,6,12-13,15,19,22H,3,5,7-11H2/t12-,13+,15?. The molecule has 6 nitrogen and oxygen atoms in total. The monoisotopic (exact) mass is 379 g/mol. The third kappa shape index (κ3) is 3.50. The SMILES string of the molecule is O=C(C1CCCN1C(=O)c1ccccc1OC(F)F)N1C[C@H]2CNC[C@H]2C1. The first kappa shape index (κ1) is 18.2. The summed E-state index contributed by atoms with van der Waals surface area (Å²) in [5, 5.41) is 3.35. The molecule has 3 saturated heterocycles. The van der Waals surface area contributed by atoms with Crippen LogP contribution < -0.4 is 10.1 Å². The fourth-order valence-corrected chi connectivity index (χ4v) is 4.51. The second-order valence-electron chi connectivity index (χ2n) is 7.45. The summed E-state index contributed by atoms with van der Waals surface area (Å²) in [6.07, 6.45) is 1.33. The third-order valence-electron chi connectivity index (χ3n) is 5.83. The van der Waals surface area contributed by atoms with Crippen molar-refractivity contribution in [3.05, 3.63) is 29.8 Å². The number of rotatable bonds is 4. The molecule has 0 spiro atoms. The molecule has 3 aliphatic heterocycles. The molecule has 0 aliphatic carbocycles. The van der Waals surface area contributed by atoms with Crippen LogP contribution in [0, 0.1) is 11.8 Å². The number of hydrogen-bond acceptors (Lipinski definition) is 4. The number of carbonyl (C=O) groups excluding carboxylic acids is 2. The van der Waals surface area contributed by atoms with E-state index in [-0.39, 0.29) is 17.2 Å². The van der Waals surface area contributed by atoms with Crippen molar-refractivity contribution >= 4 is 11.8 Å². The van der Waals surface area contributed by atoms with Gasteiger partial charge in [-0.25, -0.2) is 0 Å². The first-order valence-corrected chi connectivity index (χ1v) is 9.39. The lowest BCUT2D eigenvalue weighted by atomic mass is 10.0. The Labute approximate surface area is 156 Å².